The molecule has 0 amide bonds. The lowest BCUT2D eigenvalue weighted by molar-refractivity contribution is 0.162. The van der Waals surface area contributed by atoms with Gasteiger partial charge in [-0.1, -0.05) is 49.9 Å². The SMILES string of the molecule is CCCCC[C@H](c1ccc(C)c(Cl)c1)N1CCNCC1.Cl.Cl. The van der Waals surface area contributed by atoms with Crippen LogP contribution in [0.25, 0.3) is 0 Å². The van der Waals surface area contributed by atoms with Gasteiger partial charge >= 0.3 is 0 Å². The molecule has 1 fully saturated rings. The van der Waals surface area contributed by atoms with Crippen LogP contribution in [0.2, 0.25) is 5.02 Å². The van der Waals surface area contributed by atoms with E-state index in [9.17, 15) is 0 Å². The van der Waals surface area contributed by atoms with Crippen LogP contribution < -0.4 is 5.32 Å². The smallest absolute Gasteiger partial charge is 0.0438 e. The van der Waals surface area contributed by atoms with Gasteiger partial charge in [0.05, 0.1) is 0 Å². The van der Waals surface area contributed by atoms with Crippen LogP contribution in [0.15, 0.2) is 18.2 Å². The lowest BCUT2D eigenvalue weighted by Crippen LogP contribution is -2.45. The van der Waals surface area contributed by atoms with E-state index in [0.717, 1.165) is 31.2 Å². The number of rotatable bonds is 6. The molecule has 1 atom stereocenters. The van der Waals surface area contributed by atoms with Crippen molar-refractivity contribution >= 4 is 36.4 Å². The third-order valence-corrected chi connectivity index (χ3v) is 4.66. The van der Waals surface area contributed by atoms with Gasteiger partial charge in [-0.15, -0.1) is 24.8 Å². The summed E-state index contributed by atoms with van der Waals surface area (Å²) in [6.07, 6.45) is 5.15. The van der Waals surface area contributed by atoms with E-state index in [2.05, 4.69) is 42.3 Å². The second-order valence-corrected chi connectivity index (χ2v) is 6.21. The average Bonchev–Trinajstić information content (AvgIpc) is 2.48. The second-order valence-electron chi connectivity index (χ2n) is 5.81. The van der Waals surface area contributed by atoms with Crippen LogP contribution in [-0.2, 0) is 0 Å². The van der Waals surface area contributed by atoms with Gasteiger partial charge in [0.25, 0.3) is 0 Å². The number of halogens is 3. The van der Waals surface area contributed by atoms with Crippen molar-refractivity contribution in [3.05, 3.63) is 34.3 Å². The second kappa shape index (κ2) is 11.5. The van der Waals surface area contributed by atoms with Gasteiger partial charge in [-0.25, -0.2) is 0 Å². The first-order chi connectivity index (χ1) is 9.72. The summed E-state index contributed by atoms with van der Waals surface area (Å²) in [4.78, 5) is 2.62. The van der Waals surface area contributed by atoms with Gasteiger partial charge in [0.15, 0.2) is 0 Å². The molecule has 0 radical (unpaired) electrons. The van der Waals surface area contributed by atoms with Gasteiger partial charge in [0, 0.05) is 37.2 Å². The summed E-state index contributed by atoms with van der Waals surface area (Å²) in [5.41, 5.74) is 2.56. The Kier molecular flexibility index (Phi) is 11.5. The molecule has 1 aliphatic rings. The Bertz CT molecular complexity index is 420. The molecule has 2 rings (SSSR count). The fourth-order valence-corrected chi connectivity index (χ4v) is 3.15. The highest BCUT2D eigenvalue weighted by Gasteiger charge is 2.22. The van der Waals surface area contributed by atoms with Crippen molar-refractivity contribution < 1.29 is 0 Å². The molecule has 5 heteroatoms. The zero-order valence-corrected chi connectivity index (χ0v) is 16.0. The molecule has 22 heavy (non-hydrogen) atoms. The molecule has 1 saturated heterocycles. The van der Waals surface area contributed by atoms with E-state index in [0.29, 0.717) is 6.04 Å². The highest BCUT2D eigenvalue weighted by molar-refractivity contribution is 6.31. The Morgan fingerprint density at radius 3 is 2.45 bits per heavy atom. The maximum absolute atomic E-state index is 6.33. The number of aryl methyl sites for hydroxylation is 1. The van der Waals surface area contributed by atoms with E-state index in [-0.39, 0.29) is 24.8 Å². The normalized spacial score (nSPS) is 16.5. The summed E-state index contributed by atoms with van der Waals surface area (Å²) in [7, 11) is 0. The molecule has 1 heterocycles. The largest absolute Gasteiger partial charge is 0.314 e. The Morgan fingerprint density at radius 1 is 1.18 bits per heavy atom. The van der Waals surface area contributed by atoms with Crippen LogP contribution in [0.3, 0.4) is 0 Å². The Balaban J connectivity index is 0.00000220. The third kappa shape index (κ3) is 6.25. The molecule has 0 spiro atoms. The van der Waals surface area contributed by atoms with E-state index < -0.39 is 0 Å². The van der Waals surface area contributed by atoms with Crippen LogP contribution >= 0.6 is 36.4 Å². The van der Waals surface area contributed by atoms with E-state index in [1.165, 1.54) is 36.8 Å². The standard InChI is InChI=1S/C17H27ClN2.2ClH/c1-3-4-5-6-17(20-11-9-19-10-12-20)15-8-7-14(2)16(18)13-15;;/h7-8,13,17,19H,3-6,9-12H2,1-2H3;2*1H/t17-;;/m1../s1. The van der Waals surface area contributed by atoms with Crippen molar-refractivity contribution in [3.8, 4) is 0 Å². The molecule has 0 aliphatic carbocycles. The summed E-state index contributed by atoms with van der Waals surface area (Å²) in [5, 5.41) is 4.34. The molecule has 128 valence electrons. The quantitative estimate of drug-likeness (QED) is 0.710. The van der Waals surface area contributed by atoms with Crippen molar-refractivity contribution in [3.63, 3.8) is 0 Å². The maximum atomic E-state index is 6.33. The topological polar surface area (TPSA) is 15.3 Å². The van der Waals surface area contributed by atoms with E-state index >= 15 is 0 Å². The predicted molar refractivity (Wildman–Crippen MR) is 102 cm³/mol. The number of unbranched alkanes of at least 4 members (excludes halogenated alkanes) is 2. The van der Waals surface area contributed by atoms with Crippen molar-refractivity contribution in [2.45, 2.75) is 45.6 Å². The molecule has 1 N–H and O–H groups in total. The van der Waals surface area contributed by atoms with Gasteiger partial charge in [-0.05, 0) is 30.5 Å². The number of piperazine rings is 1. The Labute approximate surface area is 152 Å². The van der Waals surface area contributed by atoms with Gasteiger partial charge in [0.1, 0.15) is 0 Å². The Morgan fingerprint density at radius 2 is 1.86 bits per heavy atom. The van der Waals surface area contributed by atoms with E-state index in [1.807, 2.05) is 0 Å². The molecule has 1 aliphatic heterocycles. The first-order valence-electron chi connectivity index (χ1n) is 7.93. The molecule has 1 aromatic carbocycles. The predicted octanol–water partition coefficient (Wildman–Crippen LogP) is 5.02. The molecule has 0 saturated carbocycles. The highest BCUT2D eigenvalue weighted by Crippen LogP contribution is 2.30. The fraction of sp³-hybridized carbons (Fsp3) is 0.647. The lowest BCUT2D eigenvalue weighted by Gasteiger charge is -2.35. The molecule has 2 nitrogen and oxygen atoms in total. The summed E-state index contributed by atoms with van der Waals surface area (Å²) >= 11 is 6.33. The first kappa shape index (κ1) is 22.0. The lowest BCUT2D eigenvalue weighted by atomic mass is 9.97. The van der Waals surface area contributed by atoms with E-state index in [4.69, 9.17) is 11.6 Å². The van der Waals surface area contributed by atoms with Gasteiger partial charge in [-0.3, -0.25) is 4.90 Å². The maximum Gasteiger partial charge on any atom is 0.0438 e. The molecular weight excluding hydrogens is 339 g/mol. The number of hydrogen-bond acceptors (Lipinski definition) is 2. The van der Waals surface area contributed by atoms with Gasteiger partial charge in [-0.2, -0.15) is 0 Å². The zero-order valence-electron chi connectivity index (χ0n) is 13.6. The minimum atomic E-state index is 0. The number of benzene rings is 1. The van der Waals surface area contributed by atoms with Crippen LogP contribution in [0.4, 0.5) is 0 Å². The summed E-state index contributed by atoms with van der Waals surface area (Å²) in [6, 6.07) is 7.13. The number of hydrogen-bond donors (Lipinski definition) is 1. The molecular formula is C17H29Cl3N2. The number of nitrogens with one attached hydrogen (secondary N) is 1. The van der Waals surface area contributed by atoms with Crippen LogP contribution in [0, 0.1) is 6.92 Å². The molecule has 0 unspecified atom stereocenters. The van der Waals surface area contributed by atoms with Crippen LogP contribution in [0.1, 0.15) is 49.8 Å². The van der Waals surface area contributed by atoms with Crippen molar-refractivity contribution in [2.24, 2.45) is 0 Å². The molecule has 0 bridgehead atoms. The van der Waals surface area contributed by atoms with Gasteiger partial charge < -0.3 is 5.32 Å². The highest BCUT2D eigenvalue weighted by atomic mass is 35.5. The zero-order chi connectivity index (χ0) is 14.4. The minimum Gasteiger partial charge on any atom is -0.314 e. The van der Waals surface area contributed by atoms with Crippen molar-refractivity contribution in [1.29, 1.82) is 0 Å². The monoisotopic (exact) mass is 366 g/mol. The Hall–Kier alpha value is 0.01000. The van der Waals surface area contributed by atoms with Gasteiger partial charge in [0.2, 0.25) is 0 Å². The van der Waals surface area contributed by atoms with E-state index in [1.54, 1.807) is 0 Å². The average molecular weight is 368 g/mol. The summed E-state index contributed by atoms with van der Waals surface area (Å²) in [5.74, 6) is 0. The van der Waals surface area contributed by atoms with Crippen molar-refractivity contribution in [2.75, 3.05) is 26.2 Å². The van der Waals surface area contributed by atoms with Crippen LogP contribution in [-0.4, -0.2) is 31.1 Å². The summed E-state index contributed by atoms with van der Waals surface area (Å²) in [6.45, 7) is 8.82. The minimum absolute atomic E-state index is 0. The fourth-order valence-electron chi connectivity index (χ4n) is 2.96. The molecule has 0 aromatic heterocycles. The van der Waals surface area contributed by atoms with Crippen molar-refractivity contribution in [1.82, 2.24) is 10.2 Å². The summed E-state index contributed by atoms with van der Waals surface area (Å²) < 4.78 is 0. The van der Waals surface area contributed by atoms with Crippen LogP contribution in [0.5, 0.6) is 0 Å². The first-order valence-corrected chi connectivity index (χ1v) is 8.31. The number of nitrogens with zero attached hydrogens (tertiary/aromatic N) is 1. The third-order valence-electron chi connectivity index (χ3n) is 4.25. The molecule has 1 aromatic rings.